The zero-order valence-corrected chi connectivity index (χ0v) is 17.0. The smallest absolute Gasteiger partial charge is 0.326 e. The highest BCUT2D eigenvalue weighted by Crippen LogP contribution is 2.51. The van der Waals surface area contributed by atoms with Crippen molar-refractivity contribution in [1.82, 2.24) is 4.90 Å². The van der Waals surface area contributed by atoms with E-state index in [1.165, 1.54) is 42.6 Å². The predicted octanol–water partition coefficient (Wildman–Crippen LogP) is 4.87. The van der Waals surface area contributed by atoms with Gasteiger partial charge in [0, 0.05) is 12.2 Å². The van der Waals surface area contributed by atoms with Crippen LogP contribution in [-0.4, -0.2) is 34.6 Å². The van der Waals surface area contributed by atoms with Gasteiger partial charge in [0.05, 0.1) is 0 Å². The number of anilines is 1. The maximum Gasteiger partial charge on any atom is 0.326 e. The third kappa shape index (κ3) is 3.76. The second-order valence-electron chi connectivity index (χ2n) is 9.71. The molecule has 3 aliphatic rings. The normalized spacial score (nSPS) is 34.9. The average molecular weight is 385 g/mol. The van der Waals surface area contributed by atoms with Crippen molar-refractivity contribution in [1.29, 1.82) is 0 Å². The number of aliphatic carboxylic acids is 1. The Morgan fingerprint density at radius 1 is 1.11 bits per heavy atom. The molecular formula is C23H32N2O3. The quantitative estimate of drug-likeness (QED) is 0.781. The molecule has 0 aromatic heterocycles. The second kappa shape index (κ2) is 7.41. The monoisotopic (exact) mass is 384 g/mol. The fourth-order valence-corrected chi connectivity index (χ4v) is 6.24. The fourth-order valence-electron chi connectivity index (χ4n) is 6.24. The first-order valence-electron chi connectivity index (χ1n) is 10.7. The number of urea groups is 1. The van der Waals surface area contributed by atoms with Crippen molar-refractivity contribution in [2.45, 2.75) is 70.3 Å². The molecule has 2 aliphatic carbocycles. The minimum atomic E-state index is -0.923. The van der Waals surface area contributed by atoms with Crippen LogP contribution in [0.4, 0.5) is 10.5 Å². The Bertz CT molecular complexity index is 727. The summed E-state index contributed by atoms with van der Waals surface area (Å²) in [6.45, 7) is 5.30. The van der Waals surface area contributed by atoms with Crippen LogP contribution in [0.5, 0.6) is 0 Å². The summed E-state index contributed by atoms with van der Waals surface area (Å²) in [4.78, 5) is 25.2. The maximum absolute atomic E-state index is 12.5. The Morgan fingerprint density at radius 2 is 1.75 bits per heavy atom. The molecule has 2 N–H and O–H groups in total. The van der Waals surface area contributed by atoms with E-state index in [2.05, 4.69) is 31.3 Å². The van der Waals surface area contributed by atoms with Crippen molar-refractivity contribution < 1.29 is 14.7 Å². The molecule has 3 atom stereocenters. The number of rotatable bonds is 3. The molecule has 2 saturated carbocycles. The minimum Gasteiger partial charge on any atom is -0.480 e. The Morgan fingerprint density at radius 3 is 2.36 bits per heavy atom. The first kappa shape index (κ1) is 19.3. The molecule has 1 aromatic rings. The van der Waals surface area contributed by atoms with E-state index in [1.807, 2.05) is 12.1 Å². The average Bonchev–Trinajstić information content (AvgIpc) is 3.11. The number of amides is 2. The molecule has 1 heterocycles. The molecule has 4 rings (SSSR count). The summed E-state index contributed by atoms with van der Waals surface area (Å²) in [5.41, 5.74) is 2.32. The van der Waals surface area contributed by atoms with Crippen LogP contribution in [0, 0.1) is 17.8 Å². The van der Waals surface area contributed by atoms with Gasteiger partial charge in [-0.1, -0.05) is 26.0 Å². The number of carbonyl (C=O) groups excluding carboxylic acids is 1. The number of carboxylic acid groups (broad SMARTS) is 1. The molecule has 5 nitrogen and oxygen atoms in total. The highest BCUT2D eigenvalue weighted by atomic mass is 16.4. The first-order valence-corrected chi connectivity index (χ1v) is 10.7. The number of nitrogens with zero attached hydrogens (tertiary/aromatic N) is 1. The lowest BCUT2D eigenvalue weighted by Crippen LogP contribution is -2.42. The largest absolute Gasteiger partial charge is 0.480 e. The maximum atomic E-state index is 12.5. The van der Waals surface area contributed by atoms with Crippen LogP contribution in [0.15, 0.2) is 24.3 Å². The lowest BCUT2D eigenvalue weighted by molar-refractivity contribution is -0.141. The Hall–Kier alpha value is -2.04. The van der Waals surface area contributed by atoms with Crippen LogP contribution in [-0.2, 0) is 10.2 Å². The summed E-state index contributed by atoms with van der Waals surface area (Å²) in [5.74, 6) is 1.63. The fraction of sp³-hybridized carbons (Fsp3) is 0.652. The van der Waals surface area contributed by atoms with Crippen molar-refractivity contribution in [3.63, 3.8) is 0 Å². The highest BCUT2D eigenvalue weighted by Gasteiger charge is 2.41. The van der Waals surface area contributed by atoms with Crippen molar-refractivity contribution in [2.24, 2.45) is 17.8 Å². The summed E-state index contributed by atoms with van der Waals surface area (Å²) in [7, 11) is 0. The molecule has 1 saturated heterocycles. The van der Waals surface area contributed by atoms with Crippen LogP contribution in [0.1, 0.15) is 64.4 Å². The van der Waals surface area contributed by atoms with E-state index < -0.39 is 12.0 Å². The second-order valence-corrected chi connectivity index (χ2v) is 9.71. The van der Waals surface area contributed by atoms with Crippen molar-refractivity contribution in [3.8, 4) is 0 Å². The van der Waals surface area contributed by atoms with E-state index in [0.717, 1.165) is 29.9 Å². The molecule has 5 heteroatoms. The summed E-state index contributed by atoms with van der Waals surface area (Å²) >= 11 is 0. The van der Waals surface area contributed by atoms with E-state index >= 15 is 0 Å². The Kier molecular flexibility index (Phi) is 5.11. The van der Waals surface area contributed by atoms with Crippen LogP contribution >= 0.6 is 0 Å². The number of benzene rings is 1. The van der Waals surface area contributed by atoms with Crippen molar-refractivity contribution in [2.75, 3.05) is 11.9 Å². The Labute approximate surface area is 167 Å². The van der Waals surface area contributed by atoms with Gasteiger partial charge in [-0.25, -0.2) is 9.59 Å². The van der Waals surface area contributed by atoms with Gasteiger partial charge in [0.15, 0.2) is 0 Å². The summed E-state index contributed by atoms with van der Waals surface area (Å²) in [6, 6.07) is 7.22. The van der Waals surface area contributed by atoms with Gasteiger partial charge >= 0.3 is 12.0 Å². The highest BCUT2D eigenvalue weighted by molar-refractivity contribution is 5.92. The van der Waals surface area contributed by atoms with E-state index in [9.17, 15) is 14.7 Å². The molecule has 1 aliphatic heterocycles. The predicted molar refractivity (Wildman–Crippen MR) is 109 cm³/mol. The van der Waals surface area contributed by atoms with Gasteiger partial charge in [-0.15, -0.1) is 0 Å². The van der Waals surface area contributed by atoms with Gasteiger partial charge in [0.1, 0.15) is 6.04 Å². The molecule has 3 fully saturated rings. The molecule has 152 valence electrons. The molecule has 0 radical (unpaired) electrons. The molecule has 1 aromatic carbocycles. The van der Waals surface area contributed by atoms with E-state index in [-0.39, 0.29) is 11.4 Å². The summed E-state index contributed by atoms with van der Waals surface area (Å²) < 4.78 is 0. The third-order valence-corrected chi connectivity index (χ3v) is 7.25. The number of likely N-dealkylation sites (tertiary alicyclic amines) is 1. The van der Waals surface area contributed by atoms with Crippen LogP contribution in [0.3, 0.4) is 0 Å². The number of nitrogens with one attached hydrogen (secondary N) is 1. The lowest BCUT2D eigenvalue weighted by atomic mass is 9.57. The van der Waals surface area contributed by atoms with E-state index in [4.69, 9.17) is 0 Å². The third-order valence-electron chi connectivity index (χ3n) is 7.25. The molecular weight excluding hydrogens is 352 g/mol. The molecule has 2 amide bonds. The topological polar surface area (TPSA) is 69.6 Å². The zero-order chi connectivity index (χ0) is 19.9. The lowest BCUT2D eigenvalue weighted by Gasteiger charge is -2.47. The minimum absolute atomic E-state index is 0.222. The van der Waals surface area contributed by atoms with Gasteiger partial charge in [0.25, 0.3) is 0 Å². The zero-order valence-electron chi connectivity index (χ0n) is 17.0. The molecule has 0 spiro atoms. The number of hydrogen-bond donors (Lipinski definition) is 2. The van der Waals surface area contributed by atoms with Gasteiger partial charge in [-0.05, 0) is 85.8 Å². The molecule has 28 heavy (non-hydrogen) atoms. The summed E-state index contributed by atoms with van der Waals surface area (Å²) in [6.07, 6.45) is 7.90. The van der Waals surface area contributed by atoms with Gasteiger partial charge in [-0.3, -0.25) is 0 Å². The van der Waals surface area contributed by atoms with Gasteiger partial charge < -0.3 is 15.3 Å². The number of fused-ring (bicyclic) bond motifs is 2. The van der Waals surface area contributed by atoms with Crippen LogP contribution < -0.4 is 5.32 Å². The SMILES string of the molecule is CC1CC2CC(C1)CC(C)(c1ccc(NC(=O)N3CCCC3C(=O)O)cc1)C2. The Balaban J connectivity index is 1.43. The van der Waals surface area contributed by atoms with E-state index in [0.29, 0.717) is 13.0 Å². The first-order chi connectivity index (χ1) is 13.3. The van der Waals surface area contributed by atoms with Crippen LogP contribution in [0.25, 0.3) is 0 Å². The van der Waals surface area contributed by atoms with Crippen molar-refractivity contribution >= 4 is 17.7 Å². The number of carbonyl (C=O) groups is 2. The van der Waals surface area contributed by atoms with E-state index in [1.54, 1.807) is 0 Å². The molecule has 2 bridgehead atoms. The summed E-state index contributed by atoms with van der Waals surface area (Å²) in [5, 5.41) is 12.2. The van der Waals surface area contributed by atoms with Crippen LogP contribution in [0.2, 0.25) is 0 Å². The number of carboxylic acids is 1. The van der Waals surface area contributed by atoms with Gasteiger partial charge in [0.2, 0.25) is 0 Å². The van der Waals surface area contributed by atoms with Gasteiger partial charge in [-0.2, -0.15) is 0 Å². The van der Waals surface area contributed by atoms with Crippen molar-refractivity contribution in [3.05, 3.63) is 29.8 Å². The number of hydrogen-bond acceptors (Lipinski definition) is 2. The standard InChI is InChI=1S/C23H32N2O3/c1-15-10-16-12-17(11-15)14-23(2,13-16)18-5-7-19(8-6-18)24-22(28)25-9-3-4-20(25)21(26)27/h5-8,15-17,20H,3-4,9-14H2,1-2H3,(H,24,28)(H,26,27). The molecule has 3 unspecified atom stereocenters.